The van der Waals surface area contributed by atoms with Crippen LogP contribution in [0.5, 0.6) is 0 Å². The Morgan fingerprint density at radius 2 is 2.29 bits per heavy atom. The SMILES string of the molecule is CC1OC(=O)N2CC3CC(O)C2C1C3. The van der Waals surface area contributed by atoms with Gasteiger partial charge in [-0.3, -0.25) is 0 Å². The van der Waals surface area contributed by atoms with Gasteiger partial charge in [-0.2, -0.15) is 0 Å². The van der Waals surface area contributed by atoms with E-state index >= 15 is 0 Å². The highest BCUT2D eigenvalue weighted by Gasteiger charge is 2.53. The number of carbonyl (C=O) groups excluding carboxylic acids is 1. The van der Waals surface area contributed by atoms with E-state index in [1.165, 1.54) is 0 Å². The van der Waals surface area contributed by atoms with Gasteiger partial charge in [-0.05, 0) is 25.7 Å². The number of aliphatic hydroxyl groups excluding tert-OH is 1. The lowest BCUT2D eigenvalue weighted by Crippen LogP contribution is -2.67. The number of piperidine rings is 2. The second-order valence-corrected chi connectivity index (χ2v) is 4.80. The zero-order chi connectivity index (χ0) is 9.87. The minimum absolute atomic E-state index is 0.0243. The maximum Gasteiger partial charge on any atom is 0.410 e. The Balaban J connectivity index is 1.97. The largest absolute Gasteiger partial charge is 0.446 e. The monoisotopic (exact) mass is 197 g/mol. The van der Waals surface area contributed by atoms with Crippen LogP contribution in [0.15, 0.2) is 0 Å². The van der Waals surface area contributed by atoms with Gasteiger partial charge in [-0.15, -0.1) is 0 Å². The number of amides is 1. The first kappa shape index (κ1) is 8.53. The summed E-state index contributed by atoms with van der Waals surface area (Å²) < 4.78 is 5.23. The molecule has 1 amide bonds. The molecule has 4 bridgehead atoms. The Morgan fingerprint density at radius 3 is 3.00 bits per heavy atom. The third-order valence-corrected chi connectivity index (χ3v) is 3.95. The number of hydrogen-bond acceptors (Lipinski definition) is 3. The van der Waals surface area contributed by atoms with Crippen molar-refractivity contribution in [3.8, 4) is 0 Å². The standard InChI is InChI=1S/C10H15NO3/c1-5-7-2-6-3-8(12)9(7)11(4-6)10(13)14-5/h5-9,12H,2-4H2,1H3. The van der Waals surface area contributed by atoms with Crippen molar-refractivity contribution >= 4 is 6.09 Å². The quantitative estimate of drug-likeness (QED) is 0.618. The lowest BCUT2D eigenvalue weighted by Gasteiger charge is -2.56. The topological polar surface area (TPSA) is 49.8 Å². The number of ether oxygens (including phenoxy) is 1. The predicted octanol–water partition coefficient (Wildman–Crippen LogP) is 0.596. The molecule has 4 rings (SSSR count). The Kier molecular flexibility index (Phi) is 1.60. The van der Waals surface area contributed by atoms with Crippen molar-refractivity contribution in [3.63, 3.8) is 0 Å². The van der Waals surface area contributed by atoms with Gasteiger partial charge in [-0.25, -0.2) is 4.79 Å². The summed E-state index contributed by atoms with van der Waals surface area (Å²) in [7, 11) is 0. The molecule has 5 unspecified atom stereocenters. The minimum Gasteiger partial charge on any atom is -0.446 e. The van der Waals surface area contributed by atoms with Crippen LogP contribution in [-0.4, -0.2) is 40.9 Å². The molecule has 1 aliphatic carbocycles. The molecule has 14 heavy (non-hydrogen) atoms. The van der Waals surface area contributed by atoms with Gasteiger partial charge in [0.1, 0.15) is 6.10 Å². The van der Waals surface area contributed by atoms with Gasteiger partial charge in [-0.1, -0.05) is 0 Å². The summed E-state index contributed by atoms with van der Waals surface area (Å²) in [4.78, 5) is 13.3. The Morgan fingerprint density at radius 1 is 1.50 bits per heavy atom. The fourth-order valence-corrected chi connectivity index (χ4v) is 3.35. The Bertz CT molecular complexity index is 281. The highest BCUT2D eigenvalue weighted by atomic mass is 16.6. The van der Waals surface area contributed by atoms with Crippen LogP contribution in [0.25, 0.3) is 0 Å². The Hall–Kier alpha value is -0.770. The van der Waals surface area contributed by atoms with Crippen molar-refractivity contribution in [1.82, 2.24) is 4.90 Å². The second-order valence-electron chi connectivity index (χ2n) is 4.80. The average molecular weight is 197 g/mol. The molecule has 5 atom stereocenters. The van der Waals surface area contributed by atoms with Crippen LogP contribution in [0.4, 0.5) is 4.79 Å². The normalized spacial score (nSPS) is 50.6. The fraction of sp³-hybridized carbons (Fsp3) is 0.900. The number of carbonyl (C=O) groups is 1. The van der Waals surface area contributed by atoms with Gasteiger partial charge in [0.15, 0.2) is 0 Å². The molecule has 1 N–H and O–H groups in total. The van der Waals surface area contributed by atoms with E-state index in [0.717, 1.165) is 19.4 Å². The molecular formula is C10H15NO3. The van der Waals surface area contributed by atoms with Crippen molar-refractivity contribution in [2.45, 2.75) is 38.0 Å². The van der Waals surface area contributed by atoms with Gasteiger partial charge >= 0.3 is 6.09 Å². The molecule has 0 aromatic carbocycles. The van der Waals surface area contributed by atoms with Crippen LogP contribution >= 0.6 is 0 Å². The van der Waals surface area contributed by atoms with E-state index in [-0.39, 0.29) is 24.3 Å². The third-order valence-electron chi connectivity index (χ3n) is 3.95. The molecule has 4 fully saturated rings. The molecule has 0 aromatic rings. The second kappa shape index (κ2) is 2.63. The first-order valence-corrected chi connectivity index (χ1v) is 5.32. The van der Waals surface area contributed by atoms with Gasteiger partial charge in [0.2, 0.25) is 0 Å². The Labute approximate surface area is 82.8 Å². The number of nitrogens with zero attached hydrogens (tertiary/aromatic N) is 1. The van der Waals surface area contributed by atoms with Crippen molar-refractivity contribution in [2.75, 3.05) is 6.54 Å². The van der Waals surface area contributed by atoms with E-state index < -0.39 is 0 Å². The number of aliphatic hydroxyl groups is 1. The molecule has 3 saturated heterocycles. The smallest absolute Gasteiger partial charge is 0.410 e. The molecule has 1 saturated carbocycles. The van der Waals surface area contributed by atoms with E-state index in [1.807, 2.05) is 6.92 Å². The molecular weight excluding hydrogens is 182 g/mol. The number of hydrogen-bond donors (Lipinski definition) is 1. The first-order chi connectivity index (χ1) is 6.66. The van der Waals surface area contributed by atoms with Crippen molar-refractivity contribution < 1.29 is 14.6 Å². The summed E-state index contributed by atoms with van der Waals surface area (Å²) in [5.74, 6) is 0.825. The summed E-state index contributed by atoms with van der Waals surface area (Å²) >= 11 is 0. The van der Waals surface area contributed by atoms with Gasteiger partial charge in [0.25, 0.3) is 0 Å². The van der Waals surface area contributed by atoms with E-state index in [9.17, 15) is 9.90 Å². The summed E-state index contributed by atoms with van der Waals surface area (Å²) in [6.07, 6.45) is 1.37. The molecule has 4 heteroatoms. The lowest BCUT2D eigenvalue weighted by atomic mass is 9.69. The number of fused-ring (bicyclic) bond motifs is 1. The maximum absolute atomic E-state index is 11.5. The highest BCUT2D eigenvalue weighted by molar-refractivity contribution is 5.70. The highest BCUT2D eigenvalue weighted by Crippen LogP contribution is 2.44. The van der Waals surface area contributed by atoms with Crippen molar-refractivity contribution in [1.29, 1.82) is 0 Å². The van der Waals surface area contributed by atoms with Gasteiger partial charge < -0.3 is 14.7 Å². The maximum atomic E-state index is 11.5. The van der Waals surface area contributed by atoms with Crippen molar-refractivity contribution in [2.24, 2.45) is 11.8 Å². The summed E-state index contributed by atoms with van der Waals surface area (Å²) in [5.41, 5.74) is 0. The van der Waals surface area contributed by atoms with Gasteiger partial charge in [0, 0.05) is 12.5 Å². The zero-order valence-corrected chi connectivity index (χ0v) is 8.22. The molecule has 3 heterocycles. The number of rotatable bonds is 0. The molecule has 0 radical (unpaired) electrons. The lowest BCUT2D eigenvalue weighted by molar-refractivity contribution is -0.144. The molecule has 0 spiro atoms. The summed E-state index contributed by atoms with van der Waals surface area (Å²) in [5, 5.41) is 9.89. The third kappa shape index (κ3) is 0.947. The van der Waals surface area contributed by atoms with Crippen LogP contribution in [-0.2, 0) is 4.74 Å². The van der Waals surface area contributed by atoms with Crippen LogP contribution < -0.4 is 0 Å². The van der Waals surface area contributed by atoms with Crippen LogP contribution in [0.1, 0.15) is 19.8 Å². The van der Waals surface area contributed by atoms with Gasteiger partial charge in [0.05, 0.1) is 12.1 Å². The fourth-order valence-electron chi connectivity index (χ4n) is 3.35. The van der Waals surface area contributed by atoms with E-state index in [0.29, 0.717) is 11.8 Å². The first-order valence-electron chi connectivity index (χ1n) is 5.32. The van der Waals surface area contributed by atoms with E-state index in [1.54, 1.807) is 4.90 Å². The summed E-state index contributed by atoms with van der Waals surface area (Å²) in [6, 6.07) is 0.0243. The van der Waals surface area contributed by atoms with E-state index in [4.69, 9.17) is 4.74 Å². The minimum atomic E-state index is -0.331. The zero-order valence-electron chi connectivity index (χ0n) is 8.22. The molecule has 3 aliphatic heterocycles. The molecule has 4 aliphatic rings. The van der Waals surface area contributed by atoms with Crippen molar-refractivity contribution in [3.05, 3.63) is 0 Å². The summed E-state index contributed by atoms with van der Waals surface area (Å²) in [6.45, 7) is 2.72. The molecule has 78 valence electrons. The van der Waals surface area contributed by atoms with Crippen LogP contribution in [0, 0.1) is 11.8 Å². The predicted molar refractivity (Wildman–Crippen MR) is 48.7 cm³/mol. The number of cyclic esters (lactones) is 1. The van der Waals surface area contributed by atoms with E-state index in [2.05, 4.69) is 0 Å². The molecule has 4 nitrogen and oxygen atoms in total. The molecule has 0 aromatic heterocycles. The van der Waals surface area contributed by atoms with Crippen LogP contribution in [0.2, 0.25) is 0 Å². The average Bonchev–Trinajstić information content (AvgIpc) is 2.14. The van der Waals surface area contributed by atoms with Crippen LogP contribution in [0.3, 0.4) is 0 Å².